The van der Waals surface area contributed by atoms with Crippen molar-refractivity contribution in [2.24, 2.45) is 0 Å². The maximum absolute atomic E-state index is 12.5. The zero-order chi connectivity index (χ0) is 17.4. The lowest BCUT2D eigenvalue weighted by Gasteiger charge is -2.28. The smallest absolute Gasteiger partial charge is 0.197 e. The highest BCUT2D eigenvalue weighted by Gasteiger charge is 2.23. The lowest BCUT2D eigenvalue weighted by molar-refractivity contribution is -0.102. The van der Waals surface area contributed by atoms with Crippen LogP contribution in [0.2, 0.25) is 0 Å². The van der Waals surface area contributed by atoms with E-state index in [1.54, 1.807) is 6.07 Å². The summed E-state index contributed by atoms with van der Waals surface area (Å²) in [5.41, 5.74) is 5.43. The molecule has 0 N–H and O–H groups in total. The van der Waals surface area contributed by atoms with E-state index >= 15 is 0 Å². The molecule has 0 spiro atoms. The van der Waals surface area contributed by atoms with Crippen molar-refractivity contribution in [1.82, 2.24) is 4.57 Å². The molecule has 0 aliphatic carbocycles. The Morgan fingerprint density at radius 3 is 2.92 bits per heavy atom. The fourth-order valence-corrected chi connectivity index (χ4v) is 3.62. The van der Waals surface area contributed by atoms with Gasteiger partial charge in [0.15, 0.2) is 11.3 Å². The molecule has 0 radical (unpaired) electrons. The summed E-state index contributed by atoms with van der Waals surface area (Å²) in [4.78, 5) is 12.5. The van der Waals surface area contributed by atoms with Crippen LogP contribution in [-0.4, -0.2) is 37.1 Å². The van der Waals surface area contributed by atoms with Gasteiger partial charge in [-0.3, -0.25) is 4.79 Å². The van der Waals surface area contributed by atoms with Gasteiger partial charge in [-0.15, -0.1) is 0 Å². The molecule has 25 heavy (non-hydrogen) atoms. The molecule has 1 aromatic heterocycles. The molecule has 2 aromatic rings. The van der Waals surface area contributed by atoms with Crippen LogP contribution in [0.5, 0.6) is 5.88 Å². The summed E-state index contributed by atoms with van der Waals surface area (Å²) in [7, 11) is 0. The van der Waals surface area contributed by atoms with Gasteiger partial charge in [0.05, 0.1) is 25.5 Å². The number of hydrogen-bond acceptors (Lipinski definition) is 4. The van der Waals surface area contributed by atoms with Gasteiger partial charge in [0.1, 0.15) is 12.7 Å². The van der Waals surface area contributed by atoms with Crippen LogP contribution in [0, 0.1) is 13.8 Å². The first-order chi connectivity index (χ1) is 12.1. The molecule has 0 unspecified atom stereocenters. The van der Waals surface area contributed by atoms with E-state index in [1.807, 2.05) is 6.92 Å². The zero-order valence-corrected chi connectivity index (χ0v) is 14.7. The Morgan fingerprint density at radius 2 is 2.12 bits per heavy atom. The second-order valence-electron chi connectivity index (χ2n) is 6.76. The summed E-state index contributed by atoms with van der Waals surface area (Å²) in [5, 5.41) is 0. The molecule has 0 saturated carbocycles. The molecule has 1 saturated heterocycles. The first-order valence-corrected chi connectivity index (χ1v) is 8.80. The molecule has 5 nitrogen and oxygen atoms in total. The summed E-state index contributed by atoms with van der Waals surface area (Å²) in [6.07, 6.45) is 0.853. The molecule has 4 rings (SSSR count). The van der Waals surface area contributed by atoms with Gasteiger partial charge in [-0.25, -0.2) is 0 Å². The molecular weight excluding hydrogens is 318 g/mol. The largest absolute Gasteiger partial charge is 0.476 e. The van der Waals surface area contributed by atoms with Gasteiger partial charge in [-0.2, -0.15) is 0 Å². The Balaban J connectivity index is 1.70. The molecule has 2 aliphatic rings. The number of nitrogens with zero attached hydrogens (tertiary/aromatic N) is 1. The van der Waals surface area contributed by atoms with Crippen molar-refractivity contribution in [3.8, 4) is 17.1 Å². The van der Waals surface area contributed by atoms with E-state index in [4.69, 9.17) is 14.2 Å². The number of aryl methyl sites for hydroxylation is 2. The summed E-state index contributed by atoms with van der Waals surface area (Å²) in [6.45, 7) is 6.95. The number of benzene rings is 1. The second-order valence-corrected chi connectivity index (χ2v) is 6.76. The fourth-order valence-electron chi connectivity index (χ4n) is 3.62. The molecule has 1 aromatic carbocycles. The van der Waals surface area contributed by atoms with Crippen LogP contribution in [0.15, 0.2) is 29.1 Å². The summed E-state index contributed by atoms with van der Waals surface area (Å²) < 4.78 is 19.1. The number of hydrogen-bond donors (Lipinski definition) is 0. The van der Waals surface area contributed by atoms with Crippen molar-refractivity contribution >= 4 is 0 Å². The second kappa shape index (κ2) is 6.65. The SMILES string of the molecule is Cc1ccc2c(c1)CCn1c(OC[C@@H]3COCCO3)cc(=O)c(C)c1-2. The monoisotopic (exact) mass is 341 g/mol. The van der Waals surface area contributed by atoms with E-state index in [0.29, 0.717) is 32.3 Å². The molecule has 5 heteroatoms. The van der Waals surface area contributed by atoms with E-state index in [1.165, 1.54) is 11.1 Å². The molecule has 0 amide bonds. The van der Waals surface area contributed by atoms with Crippen LogP contribution in [0.25, 0.3) is 11.3 Å². The molecule has 3 heterocycles. The topological polar surface area (TPSA) is 49.7 Å². The summed E-state index contributed by atoms with van der Waals surface area (Å²) >= 11 is 0. The standard InChI is InChI=1S/C20H23NO4/c1-13-3-4-17-15(9-13)5-6-21-19(10-18(22)14(2)20(17)21)25-12-16-11-23-7-8-24-16/h3-4,9-10,16H,5-8,11-12H2,1-2H3/t16-/m0/s1. The van der Waals surface area contributed by atoms with E-state index in [2.05, 4.69) is 29.7 Å². The zero-order valence-electron chi connectivity index (χ0n) is 14.7. The molecule has 2 aliphatic heterocycles. The van der Waals surface area contributed by atoms with Crippen LogP contribution in [0.4, 0.5) is 0 Å². The lowest BCUT2D eigenvalue weighted by Crippen LogP contribution is -2.34. The van der Waals surface area contributed by atoms with Gasteiger partial charge in [0.25, 0.3) is 0 Å². The first kappa shape index (κ1) is 16.4. The normalized spacial score (nSPS) is 19.2. The van der Waals surface area contributed by atoms with Gasteiger partial charge >= 0.3 is 0 Å². The highest BCUT2D eigenvalue weighted by Crippen LogP contribution is 2.34. The van der Waals surface area contributed by atoms with Crippen LogP contribution in [0.3, 0.4) is 0 Å². The van der Waals surface area contributed by atoms with Crippen LogP contribution < -0.4 is 10.2 Å². The highest BCUT2D eigenvalue weighted by atomic mass is 16.6. The third-order valence-corrected chi connectivity index (χ3v) is 4.94. The Bertz CT molecular complexity index is 850. The predicted octanol–water partition coefficient (Wildman–Crippen LogP) is 2.48. The van der Waals surface area contributed by atoms with Crippen molar-refractivity contribution in [3.05, 3.63) is 51.2 Å². The van der Waals surface area contributed by atoms with Gasteiger partial charge in [0.2, 0.25) is 0 Å². The van der Waals surface area contributed by atoms with Crippen molar-refractivity contribution in [2.75, 3.05) is 26.4 Å². The Hall–Kier alpha value is -2.11. The van der Waals surface area contributed by atoms with Crippen molar-refractivity contribution in [3.63, 3.8) is 0 Å². The Kier molecular flexibility index (Phi) is 4.36. The van der Waals surface area contributed by atoms with Crippen LogP contribution >= 0.6 is 0 Å². The summed E-state index contributed by atoms with van der Waals surface area (Å²) in [6, 6.07) is 8.02. The number of pyridine rings is 1. The van der Waals surface area contributed by atoms with E-state index in [9.17, 15) is 4.79 Å². The van der Waals surface area contributed by atoms with Gasteiger partial charge < -0.3 is 18.8 Å². The van der Waals surface area contributed by atoms with E-state index in [-0.39, 0.29) is 11.5 Å². The predicted molar refractivity (Wildman–Crippen MR) is 95.4 cm³/mol. The quantitative estimate of drug-likeness (QED) is 0.861. The lowest BCUT2D eigenvalue weighted by atomic mass is 9.93. The summed E-state index contributed by atoms with van der Waals surface area (Å²) in [5.74, 6) is 0.617. The average molecular weight is 341 g/mol. The van der Waals surface area contributed by atoms with Gasteiger partial charge in [-0.05, 0) is 25.8 Å². The Morgan fingerprint density at radius 1 is 1.24 bits per heavy atom. The number of fused-ring (bicyclic) bond motifs is 3. The molecule has 1 fully saturated rings. The molecule has 132 valence electrons. The molecular formula is C20H23NO4. The van der Waals surface area contributed by atoms with Crippen LogP contribution in [-0.2, 0) is 22.4 Å². The number of rotatable bonds is 3. The Labute approximate surface area is 147 Å². The number of aromatic nitrogens is 1. The van der Waals surface area contributed by atoms with Crippen molar-refractivity contribution in [2.45, 2.75) is 32.9 Å². The molecule has 1 atom stereocenters. The molecule has 0 bridgehead atoms. The minimum Gasteiger partial charge on any atom is -0.476 e. The van der Waals surface area contributed by atoms with Crippen LogP contribution in [0.1, 0.15) is 16.7 Å². The minimum absolute atomic E-state index is 0.00971. The van der Waals surface area contributed by atoms with Gasteiger partial charge in [-0.1, -0.05) is 23.8 Å². The van der Waals surface area contributed by atoms with Gasteiger partial charge in [0, 0.05) is 23.7 Å². The fraction of sp³-hybridized carbons (Fsp3) is 0.450. The van der Waals surface area contributed by atoms with Crippen molar-refractivity contribution < 1.29 is 14.2 Å². The van der Waals surface area contributed by atoms with Crippen molar-refractivity contribution in [1.29, 1.82) is 0 Å². The van der Waals surface area contributed by atoms with E-state index < -0.39 is 0 Å². The highest BCUT2D eigenvalue weighted by molar-refractivity contribution is 5.70. The first-order valence-electron chi connectivity index (χ1n) is 8.80. The maximum Gasteiger partial charge on any atom is 0.197 e. The third-order valence-electron chi connectivity index (χ3n) is 4.94. The maximum atomic E-state index is 12.5. The third kappa shape index (κ3) is 3.10. The average Bonchev–Trinajstić information content (AvgIpc) is 2.63. The minimum atomic E-state index is -0.0834. The number of ether oxygens (including phenoxy) is 3. The van der Waals surface area contributed by atoms with E-state index in [0.717, 1.165) is 29.8 Å².